The van der Waals surface area contributed by atoms with Crippen molar-refractivity contribution >= 4 is 12.0 Å². The van der Waals surface area contributed by atoms with Crippen molar-refractivity contribution < 1.29 is 14.3 Å². The molecule has 0 bridgehead atoms. The van der Waals surface area contributed by atoms with Crippen molar-refractivity contribution in [1.29, 1.82) is 0 Å². The van der Waals surface area contributed by atoms with E-state index in [4.69, 9.17) is 4.74 Å². The minimum absolute atomic E-state index is 0.0519. The van der Waals surface area contributed by atoms with Crippen LogP contribution in [0.4, 0.5) is 4.79 Å². The number of ether oxygens (including phenoxy) is 1. The lowest BCUT2D eigenvalue weighted by atomic mass is 9.92. The predicted octanol–water partition coefficient (Wildman–Crippen LogP) is 0.743. The van der Waals surface area contributed by atoms with Gasteiger partial charge in [0.15, 0.2) is 0 Å². The summed E-state index contributed by atoms with van der Waals surface area (Å²) >= 11 is 0. The second-order valence-corrected chi connectivity index (χ2v) is 3.66. The molecule has 0 atom stereocenters. The van der Waals surface area contributed by atoms with Gasteiger partial charge in [0.05, 0.1) is 6.61 Å². The lowest BCUT2D eigenvalue weighted by Gasteiger charge is -2.34. The van der Waals surface area contributed by atoms with Gasteiger partial charge in [-0.1, -0.05) is 0 Å². The van der Waals surface area contributed by atoms with Crippen molar-refractivity contribution in [1.82, 2.24) is 10.2 Å². The van der Waals surface area contributed by atoms with Crippen molar-refractivity contribution in [3.8, 4) is 0 Å². The van der Waals surface area contributed by atoms with Crippen molar-refractivity contribution in [2.45, 2.75) is 32.2 Å². The molecule has 0 saturated heterocycles. The second kappa shape index (κ2) is 5.58. The third kappa shape index (κ3) is 3.42. The van der Waals surface area contributed by atoms with Gasteiger partial charge in [0, 0.05) is 13.1 Å². The third-order valence-corrected chi connectivity index (χ3v) is 2.63. The molecule has 1 fully saturated rings. The van der Waals surface area contributed by atoms with Crippen LogP contribution in [0.2, 0.25) is 0 Å². The van der Waals surface area contributed by atoms with E-state index < -0.39 is 5.97 Å². The Hall–Kier alpha value is -1.26. The molecule has 0 aliphatic heterocycles. The van der Waals surface area contributed by atoms with Gasteiger partial charge in [-0.05, 0) is 26.2 Å². The molecule has 0 heterocycles. The molecule has 1 rings (SSSR count). The number of nitrogens with one attached hydrogen (secondary N) is 1. The Labute approximate surface area is 89.8 Å². The molecule has 2 amide bonds. The van der Waals surface area contributed by atoms with E-state index in [0.29, 0.717) is 12.6 Å². The number of carbonyl (C=O) groups is 2. The summed E-state index contributed by atoms with van der Waals surface area (Å²) in [6.45, 7) is 2.02. The SMILES string of the molecule is CCOC(=O)CNC(=O)N(C)C1CCC1. The first-order valence-electron chi connectivity index (χ1n) is 5.31. The molecule has 0 aromatic heterocycles. The fourth-order valence-electron chi connectivity index (χ4n) is 1.42. The number of rotatable bonds is 4. The number of hydrogen-bond donors (Lipinski definition) is 1. The highest BCUT2D eigenvalue weighted by atomic mass is 16.5. The molecule has 1 N–H and O–H groups in total. The Morgan fingerprint density at radius 2 is 2.13 bits per heavy atom. The van der Waals surface area contributed by atoms with Crippen LogP contribution in [0.15, 0.2) is 0 Å². The van der Waals surface area contributed by atoms with Crippen LogP contribution in [0.1, 0.15) is 26.2 Å². The van der Waals surface area contributed by atoms with Crippen LogP contribution in [0.3, 0.4) is 0 Å². The van der Waals surface area contributed by atoms with Gasteiger partial charge in [-0.15, -0.1) is 0 Å². The van der Waals surface area contributed by atoms with Crippen molar-refractivity contribution in [3.05, 3.63) is 0 Å². The van der Waals surface area contributed by atoms with Crippen LogP contribution < -0.4 is 5.32 Å². The first kappa shape index (κ1) is 11.8. The van der Waals surface area contributed by atoms with E-state index >= 15 is 0 Å². The summed E-state index contributed by atoms with van der Waals surface area (Å²) in [4.78, 5) is 24.1. The lowest BCUT2D eigenvalue weighted by Crippen LogP contribution is -2.47. The van der Waals surface area contributed by atoms with E-state index in [1.165, 1.54) is 6.42 Å². The summed E-state index contributed by atoms with van der Waals surface area (Å²) in [6, 6.07) is 0.139. The number of urea groups is 1. The molecule has 0 aromatic carbocycles. The summed E-state index contributed by atoms with van der Waals surface area (Å²) in [7, 11) is 1.75. The van der Waals surface area contributed by atoms with Gasteiger partial charge in [0.1, 0.15) is 6.54 Å². The quantitative estimate of drug-likeness (QED) is 0.702. The van der Waals surface area contributed by atoms with Gasteiger partial charge in [0.25, 0.3) is 0 Å². The molecule has 15 heavy (non-hydrogen) atoms. The third-order valence-electron chi connectivity index (χ3n) is 2.63. The first-order valence-corrected chi connectivity index (χ1v) is 5.31. The van der Waals surface area contributed by atoms with Gasteiger partial charge in [-0.2, -0.15) is 0 Å². The Morgan fingerprint density at radius 1 is 1.47 bits per heavy atom. The summed E-state index contributed by atoms with van der Waals surface area (Å²) in [5.74, 6) is -0.396. The molecule has 1 saturated carbocycles. The first-order chi connectivity index (χ1) is 7.15. The Balaban J connectivity index is 2.19. The van der Waals surface area contributed by atoms with Crippen LogP contribution in [-0.4, -0.2) is 43.1 Å². The minimum atomic E-state index is -0.396. The van der Waals surface area contributed by atoms with Gasteiger partial charge >= 0.3 is 12.0 Å². The average molecular weight is 214 g/mol. The Morgan fingerprint density at radius 3 is 2.60 bits per heavy atom. The van der Waals surface area contributed by atoms with E-state index in [0.717, 1.165) is 12.8 Å². The van der Waals surface area contributed by atoms with Crippen molar-refractivity contribution in [2.24, 2.45) is 0 Å². The molecular weight excluding hydrogens is 196 g/mol. The minimum Gasteiger partial charge on any atom is -0.465 e. The molecule has 5 nitrogen and oxygen atoms in total. The molecule has 1 aliphatic rings. The zero-order valence-electron chi connectivity index (χ0n) is 9.28. The monoisotopic (exact) mass is 214 g/mol. The predicted molar refractivity (Wildman–Crippen MR) is 55.4 cm³/mol. The molecule has 0 aromatic rings. The number of carbonyl (C=O) groups excluding carboxylic acids is 2. The highest BCUT2D eigenvalue weighted by molar-refractivity contribution is 5.80. The van der Waals surface area contributed by atoms with Gasteiger partial charge in [-0.3, -0.25) is 4.79 Å². The molecule has 0 spiro atoms. The smallest absolute Gasteiger partial charge is 0.325 e. The number of esters is 1. The summed E-state index contributed by atoms with van der Waals surface area (Å²) in [5.41, 5.74) is 0. The zero-order valence-corrected chi connectivity index (χ0v) is 9.28. The Bertz CT molecular complexity index is 239. The van der Waals surface area contributed by atoms with Gasteiger partial charge in [-0.25, -0.2) is 4.79 Å². The van der Waals surface area contributed by atoms with E-state index in [-0.39, 0.29) is 12.6 Å². The van der Waals surface area contributed by atoms with Gasteiger partial charge in [0.2, 0.25) is 0 Å². The van der Waals surface area contributed by atoms with Crippen molar-refractivity contribution in [3.63, 3.8) is 0 Å². The molecule has 5 heteroatoms. The second-order valence-electron chi connectivity index (χ2n) is 3.66. The van der Waals surface area contributed by atoms with Crippen molar-refractivity contribution in [2.75, 3.05) is 20.2 Å². The van der Waals surface area contributed by atoms with Crippen LogP contribution in [0, 0.1) is 0 Å². The maximum absolute atomic E-state index is 11.5. The summed E-state index contributed by atoms with van der Waals surface area (Å²) in [5, 5.41) is 2.53. The van der Waals surface area contributed by atoms with Crippen LogP contribution >= 0.6 is 0 Å². The van der Waals surface area contributed by atoms with E-state index in [9.17, 15) is 9.59 Å². The Kier molecular flexibility index (Phi) is 4.39. The molecule has 86 valence electrons. The van der Waals surface area contributed by atoms with E-state index in [2.05, 4.69) is 5.32 Å². The molecule has 0 radical (unpaired) electrons. The van der Waals surface area contributed by atoms with Gasteiger partial charge < -0.3 is 15.0 Å². The van der Waals surface area contributed by atoms with E-state index in [1.807, 2.05) is 0 Å². The average Bonchev–Trinajstić information content (AvgIpc) is 2.11. The molecule has 0 unspecified atom stereocenters. The van der Waals surface area contributed by atoms with Crippen LogP contribution in [0.25, 0.3) is 0 Å². The number of hydrogen-bond acceptors (Lipinski definition) is 3. The van der Waals surface area contributed by atoms with Crippen LogP contribution in [0.5, 0.6) is 0 Å². The number of amides is 2. The highest BCUT2D eigenvalue weighted by Gasteiger charge is 2.25. The standard InChI is InChI=1S/C10H18N2O3/c1-3-15-9(13)7-11-10(14)12(2)8-5-4-6-8/h8H,3-7H2,1-2H3,(H,11,14). The summed E-state index contributed by atoms with van der Waals surface area (Å²) < 4.78 is 4.70. The maximum atomic E-state index is 11.5. The van der Waals surface area contributed by atoms with E-state index in [1.54, 1.807) is 18.9 Å². The lowest BCUT2D eigenvalue weighted by molar-refractivity contribution is -0.141. The zero-order chi connectivity index (χ0) is 11.3. The fraction of sp³-hybridized carbons (Fsp3) is 0.800. The normalized spacial score (nSPS) is 15.3. The maximum Gasteiger partial charge on any atom is 0.325 e. The topological polar surface area (TPSA) is 58.6 Å². The largest absolute Gasteiger partial charge is 0.465 e. The van der Waals surface area contributed by atoms with Crippen LogP contribution in [-0.2, 0) is 9.53 Å². The highest BCUT2D eigenvalue weighted by Crippen LogP contribution is 2.23. The molecule has 1 aliphatic carbocycles. The molecular formula is C10H18N2O3. The summed E-state index contributed by atoms with van der Waals surface area (Å²) in [6.07, 6.45) is 3.30. The fourth-order valence-corrected chi connectivity index (χ4v) is 1.42. The number of nitrogens with zero attached hydrogens (tertiary/aromatic N) is 1.